The monoisotopic (exact) mass is 425 g/mol. The minimum absolute atomic E-state index is 0.136. The van der Waals surface area contributed by atoms with Crippen LogP contribution in [0.25, 0.3) is 0 Å². The van der Waals surface area contributed by atoms with Crippen molar-refractivity contribution in [1.29, 1.82) is 0 Å². The van der Waals surface area contributed by atoms with Gasteiger partial charge in [-0.3, -0.25) is 9.56 Å². The molecule has 1 aliphatic heterocycles. The number of aliphatic imine (C=N–C) groups is 1. The molecule has 1 aliphatic rings. The molecule has 32 heavy (non-hydrogen) atoms. The Morgan fingerprint density at radius 3 is 2.06 bits per heavy atom. The van der Waals surface area contributed by atoms with Crippen molar-refractivity contribution >= 4 is 5.71 Å². The number of nitrogens with zero attached hydrogens (tertiary/aromatic N) is 3. The third kappa shape index (κ3) is 3.95. The number of hydrogen-bond acceptors (Lipinski definition) is 5. The molecule has 0 unspecified atom stereocenters. The Morgan fingerprint density at radius 1 is 0.750 bits per heavy atom. The Kier molecular flexibility index (Phi) is 5.11. The van der Waals surface area contributed by atoms with Gasteiger partial charge in [0.25, 0.3) is 0 Å². The molecule has 6 nitrogen and oxygen atoms in total. The fraction of sp³-hybridized carbons (Fsp3) is 0.154. The lowest BCUT2D eigenvalue weighted by Gasteiger charge is -2.23. The number of imidazole rings is 1. The second kappa shape index (κ2) is 8.23. The van der Waals surface area contributed by atoms with Gasteiger partial charge in [0.15, 0.2) is 5.82 Å². The molecule has 1 atom stereocenters. The molecule has 0 aliphatic carbocycles. The van der Waals surface area contributed by atoms with E-state index in [-0.39, 0.29) is 23.4 Å². The van der Waals surface area contributed by atoms with Gasteiger partial charge in [-0.2, -0.15) is 0 Å². The van der Waals surface area contributed by atoms with E-state index in [1.165, 1.54) is 0 Å². The van der Waals surface area contributed by atoms with Crippen LogP contribution in [0.4, 0.5) is 0 Å². The van der Waals surface area contributed by atoms with Gasteiger partial charge >= 0.3 is 0 Å². The highest BCUT2D eigenvalue weighted by atomic mass is 16.3. The topological polar surface area (TPSA) is 90.9 Å². The van der Waals surface area contributed by atoms with Crippen molar-refractivity contribution < 1.29 is 15.3 Å². The first-order valence-corrected chi connectivity index (χ1v) is 10.5. The van der Waals surface area contributed by atoms with Crippen molar-refractivity contribution in [3.63, 3.8) is 0 Å². The first kappa shape index (κ1) is 19.9. The summed E-state index contributed by atoms with van der Waals surface area (Å²) in [6.45, 7) is 0.465. The molecular formula is C26H23N3O3. The predicted molar refractivity (Wildman–Crippen MR) is 122 cm³/mol. The first-order valence-electron chi connectivity index (χ1n) is 10.5. The number of phenols is 2. The molecule has 160 valence electrons. The molecule has 1 aromatic heterocycles. The minimum Gasteiger partial charge on any atom is -0.508 e. The van der Waals surface area contributed by atoms with Gasteiger partial charge in [-0.05, 0) is 41.0 Å². The second-order valence-corrected chi connectivity index (χ2v) is 8.01. The SMILES string of the molecule is Oc1ccc(Cc2nc3n(c2O)C[C@H](c2ccc(O)cc2)N=C3Cc2ccccc2)cc1. The van der Waals surface area contributed by atoms with E-state index in [9.17, 15) is 15.3 Å². The number of fused-ring (bicyclic) bond motifs is 1. The Bertz CT molecular complexity index is 1260. The van der Waals surface area contributed by atoms with Crippen molar-refractivity contribution in [2.24, 2.45) is 4.99 Å². The lowest BCUT2D eigenvalue weighted by atomic mass is 10.0. The average Bonchev–Trinajstić information content (AvgIpc) is 3.12. The average molecular weight is 425 g/mol. The maximum Gasteiger partial charge on any atom is 0.215 e. The van der Waals surface area contributed by atoms with Crippen LogP contribution in [-0.4, -0.2) is 30.6 Å². The van der Waals surface area contributed by atoms with Crippen molar-refractivity contribution in [2.75, 3.05) is 0 Å². The van der Waals surface area contributed by atoms with Gasteiger partial charge in [0.05, 0.1) is 18.3 Å². The van der Waals surface area contributed by atoms with Gasteiger partial charge in [0.2, 0.25) is 5.88 Å². The largest absolute Gasteiger partial charge is 0.508 e. The van der Waals surface area contributed by atoms with Crippen LogP contribution in [0.1, 0.15) is 34.3 Å². The van der Waals surface area contributed by atoms with Gasteiger partial charge in [-0.1, -0.05) is 54.6 Å². The molecule has 0 saturated heterocycles. The lowest BCUT2D eigenvalue weighted by Crippen LogP contribution is -2.23. The number of rotatable bonds is 5. The zero-order chi connectivity index (χ0) is 22.1. The zero-order valence-corrected chi connectivity index (χ0v) is 17.4. The molecule has 0 spiro atoms. The molecule has 5 rings (SSSR count). The van der Waals surface area contributed by atoms with Crippen molar-refractivity contribution in [1.82, 2.24) is 9.55 Å². The van der Waals surface area contributed by atoms with E-state index in [2.05, 4.69) is 12.1 Å². The summed E-state index contributed by atoms with van der Waals surface area (Å²) in [4.78, 5) is 9.77. The molecule has 0 amide bonds. The molecule has 0 bridgehead atoms. The van der Waals surface area contributed by atoms with E-state index in [0.717, 1.165) is 22.4 Å². The van der Waals surface area contributed by atoms with Crippen molar-refractivity contribution in [3.05, 3.63) is 107 Å². The highest BCUT2D eigenvalue weighted by Crippen LogP contribution is 2.33. The molecule has 2 heterocycles. The summed E-state index contributed by atoms with van der Waals surface area (Å²) in [5.74, 6) is 1.23. The number of aromatic nitrogens is 2. The van der Waals surface area contributed by atoms with E-state index < -0.39 is 0 Å². The Hall–Kier alpha value is -4.06. The zero-order valence-electron chi connectivity index (χ0n) is 17.4. The summed E-state index contributed by atoms with van der Waals surface area (Å²) >= 11 is 0. The molecular weight excluding hydrogens is 402 g/mol. The fourth-order valence-corrected chi connectivity index (χ4v) is 4.06. The summed E-state index contributed by atoms with van der Waals surface area (Å²) in [5.41, 5.74) is 4.43. The maximum absolute atomic E-state index is 11.0. The van der Waals surface area contributed by atoms with Crippen LogP contribution in [0.2, 0.25) is 0 Å². The highest BCUT2D eigenvalue weighted by molar-refractivity contribution is 6.00. The van der Waals surface area contributed by atoms with Crippen LogP contribution < -0.4 is 0 Å². The lowest BCUT2D eigenvalue weighted by molar-refractivity contribution is 0.396. The number of aromatic hydroxyl groups is 3. The van der Waals surface area contributed by atoms with Crippen molar-refractivity contribution in [3.8, 4) is 17.4 Å². The second-order valence-electron chi connectivity index (χ2n) is 8.01. The van der Waals surface area contributed by atoms with Crippen LogP contribution in [0.15, 0.2) is 83.9 Å². The number of hydrogen-bond donors (Lipinski definition) is 3. The van der Waals surface area contributed by atoms with E-state index >= 15 is 0 Å². The molecule has 3 N–H and O–H groups in total. The normalized spacial score (nSPS) is 15.2. The molecule has 3 aromatic carbocycles. The summed E-state index contributed by atoms with van der Waals surface area (Å²) in [6.07, 6.45) is 1.05. The van der Waals surface area contributed by atoms with Crippen molar-refractivity contribution in [2.45, 2.75) is 25.4 Å². The first-order chi connectivity index (χ1) is 15.6. The van der Waals surface area contributed by atoms with Crippen LogP contribution in [0.3, 0.4) is 0 Å². The van der Waals surface area contributed by atoms with Crippen LogP contribution in [-0.2, 0) is 19.4 Å². The molecule has 6 heteroatoms. The summed E-state index contributed by atoms with van der Waals surface area (Å²) in [7, 11) is 0. The maximum atomic E-state index is 11.0. The smallest absolute Gasteiger partial charge is 0.215 e. The summed E-state index contributed by atoms with van der Waals surface area (Å²) < 4.78 is 1.83. The Balaban J connectivity index is 1.53. The van der Waals surface area contributed by atoms with E-state index in [4.69, 9.17) is 9.98 Å². The third-order valence-electron chi connectivity index (χ3n) is 5.74. The van der Waals surface area contributed by atoms with Crippen LogP contribution in [0.5, 0.6) is 17.4 Å². The quantitative estimate of drug-likeness (QED) is 0.443. The standard InChI is InChI=1S/C26H23N3O3/c30-20-10-6-18(7-11-20)15-23-26(32)29-16-24(19-8-12-21(31)13-9-19)27-22(25(29)28-23)14-17-4-2-1-3-5-17/h1-13,24,30-32H,14-16H2/t24-/m1/s1. The van der Waals surface area contributed by atoms with E-state index in [1.54, 1.807) is 24.3 Å². The minimum atomic E-state index is -0.191. The predicted octanol–water partition coefficient (Wildman–Crippen LogP) is 4.38. The third-order valence-corrected chi connectivity index (χ3v) is 5.74. The molecule has 0 saturated carbocycles. The van der Waals surface area contributed by atoms with Gasteiger partial charge in [-0.25, -0.2) is 4.98 Å². The Morgan fingerprint density at radius 2 is 1.38 bits per heavy atom. The Labute approximate surface area is 185 Å². The summed E-state index contributed by atoms with van der Waals surface area (Å²) in [6, 6.07) is 23.8. The van der Waals surface area contributed by atoms with E-state index in [0.29, 0.717) is 30.9 Å². The van der Waals surface area contributed by atoms with Crippen LogP contribution in [0, 0.1) is 0 Å². The number of phenolic OH excluding ortho intramolecular Hbond substituents is 2. The van der Waals surface area contributed by atoms with Gasteiger partial charge < -0.3 is 15.3 Å². The van der Waals surface area contributed by atoms with E-state index in [1.807, 2.05) is 47.0 Å². The molecule has 4 aromatic rings. The van der Waals surface area contributed by atoms with Crippen LogP contribution >= 0.6 is 0 Å². The van der Waals surface area contributed by atoms with Gasteiger partial charge in [0.1, 0.15) is 17.2 Å². The fourth-order valence-electron chi connectivity index (χ4n) is 4.06. The highest BCUT2D eigenvalue weighted by Gasteiger charge is 2.28. The molecule has 0 radical (unpaired) electrons. The van der Waals surface area contributed by atoms with Gasteiger partial charge in [0, 0.05) is 12.8 Å². The molecule has 0 fully saturated rings. The summed E-state index contributed by atoms with van der Waals surface area (Å²) in [5, 5.41) is 30.2. The van der Waals surface area contributed by atoms with Gasteiger partial charge in [-0.15, -0.1) is 0 Å². The number of benzene rings is 3.